The van der Waals surface area contributed by atoms with Gasteiger partial charge in [-0.15, -0.1) is 0 Å². The fourth-order valence-corrected chi connectivity index (χ4v) is 18.5. The minimum absolute atomic E-state index is 0.220. The molecule has 0 aromatic heterocycles. The molecule has 2 heterocycles. The molecule has 0 amide bonds. The van der Waals surface area contributed by atoms with E-state index in [2.05, 4.69) is 33.6 Å². The molecular weight excluding hydrogens is 515 g/mol. The zero-order chi connectivity index (χ0) is 24.2. The van der Waals surface area contributed by atoms with Gasteiger partial charge in [0.25, 0.3) is 0 Å². The summed E-state index contributed by atoms with van der Waals surface area (Å²) in [7, 11) is 0. The molecule has 0 spiro atoms. The van der Waals surface area contributed by atoms with Crippen molar-refractivity contribution in [3.05, 3.63) is 11.8 Å². The van der Waals surface area contributed by atoms with E-state index in [4.69, 9.17) is 17.1 Å². The normalized spacial score (nSPS) is 39.3. The van der Waals surface area contributed by atoms with Crippen molar-refractivity contribution in [1.29, 1.82) is 0 Å². The molecule has 2 saturated carbocycles. The standard InChI is InChI=1S/C28H45IN2.C2H6/c1-6-8-21-9-11-25-22-13-14-28(5)24(23(22)16-29(25)15-21)10-12-26(28)27(3,4)19-31-18-20(7-2)17-30;1-2/h2,17-18,21-26H,6,8-16,19,30H2,1,3-5H3;1-2H3/b20-17-,31-18?;. The average Bonchev–Trinajstić information content (AvgIpc) is 3.35. The fraction of sp³-hybridized carbons (Fsp3) is 0.833. The molecule has 0 bridgehead atoms. The Morgan fingerprint density at radius 1 is 1.15 bits per heavy atom. The Morgan fingerprint density at radius 3 is 2.58 bits per heavy atom. The molecule has 0 radical (unpaired) electrons. The molecule has 4 aliphatic rings. The number of rotatable bonds is 6. The van der Waals surface area contributed by atoms with Crippen molar-refractivity contribution in [2.75, 3.05) is 15.4 Å². The van der Waals surface area contributed by atoms with Crippen molar-refractivity contribution in [2.45, 2.75) is 96.8 Å². The van der Waals surface area contributed by atoms with Crippen molar-refractivity contribution in [3.63, 3.8) is 0 Å². The molecule has 4 fully saturated rings. The first-order valence-corrected chi connectivity index (χ1v) is 18.1. The van der Waals surface area contributed by atoms with Crippen molar-refractivity contribution < 1.29 is 0 Å². The summed E-state index contributed by atoms with van der Waals surface area (Å²) in [4.78, 5) is 4.74. The van der Waals surface area contributed by atoms with E-state index in [0.29, 0.717) is 11.0 Å². The van der Waals surface area contributed by atoms with Gasteiger partial charge in [-0.2, -0.15) is 0 Å². The summed E-state index contributed by atoms with van der Waals surface area (Å²) in [6, 6.07) is 0. The van der Waals surface area contributed by atoms with Crippen LogP contribution in [0.4, 0.5) is 0 Å². The zero-order valence-electron chi connectivity index (χ0n) is 22.4. The molecule has 33 heavy (non-hydrogen) atoms. The summed E-state index contributed by atoms with van der Waals surface area (Å²) in [5.41, 5.74) is 7.02. The molecule has 2 saturated heterocycles. The molecule has 3 heteroatoms. The third-order valence-corrected chi connectivity index (χ3v) is 18.0. The van der Waals surface area contributed by atoms with Crippen molar-refractivity contribution in [3.8, 4) is 12.3 Å². The van der Waals surface area contributed by atoms with E-state index in [1.165, 1.54) is 48.6 Å². The van der Waals surface area contributed by atoms with Gasteiger partial charge in [0.1, 0.15) is 0 Å². The fourth-order valence-electron chi connectivity index (χ4n) is 8.39. The van der Waals surface area contributed by atoms with Crippen molar-refractivity contribution >= 4 is 26.0 Å². The van der Waals surface area contributed by atoms with E-state index in [9.17, 15) is 0 Å². The minimum Gasteiger partial charge on any atom is -0.0683 e. The van der Waals surface area contributed by atoms with E-state index in [-0.39, 0.29) is 5.41 Å². The summed E-state index contributed by atoms with van der Waals surface area (Å²) < 4.78 is 4.63. The summed E-state index contributed by atoms with van der Waals surface area (Å²) in [5.74, 6) is 7.66. The summed E-state index contributed by atoms with van der Waals surface area (Å²) in [6.45, 7) is 14.8. The Labute approximate surface area is 212 Å². The number of nitrogens with two attached hydrogens (primary N) is 1. The number of hydrogen-bond acceptors (Lipinski definition) is 2. The number of terminal acetylenes is 1. The van der Waals surface area contributed by atoms with Gasteiger partial charge in [-0.1, -0.05) is 13.8 Å². The monoisotopic (exact) mass is 566 g/mol. The van der Waals surface area contributed by atoms with E-state index >= 15 is 0 Å². The van der Waals surface area contributed by atoms with Gasteiger partial charge in [0.05, 0.1) is 0 Å². The Morgan fingerprint density at radius 2 is 1.91 bits per heavy atom. The number of allylic oxidation sites excluding steroid dienone is 1. The summed E-state index contributed by atoms with van der Waals surface area (Å²) in [6.07, 6.45) is 20.7. The van der Waals surface area contributed by atoms with Crippen LogP contribution in [0.2, 0.25) is 0 Å². The molecule has 7 atom stereocenters. The maximum absolute atomic E-state index is 5.60. The molecule has 7 unspecified atom stereocenters. The number of nitrogens with zero attached hydrogens (tertiary/aromatic N) is 1. The number of halogens is 1. The Balaban J connectivity index is 0.00000149. The second-order valence-corrected chi connectivity index (χ2v) is 18.1. The third kappa shape index (κ3) is 5.36. The van der Waals surface area contributed by atoms with Crippen LogP contribution in [-0.4, -0.2) is 25.5 Å². The van der Waals surface area contributed by atoms with Crippen LogP contribution in [0.25, 0.3) is 0 Å². The first kappa shape index (κ1) is 27.1. The molecule has 0 aromatic carbocycles. The second-order valence-electron chi connectivity index (χ2n) is 11.9. The molecule has 2 aliphatic heterocycles. The smallest absolute Gasteiger partial charge is 0.0683 e. The van der Waals surface area contributed by atoms with E-state index < -0.39 is 19.8 Å². The Kier molecular flexibility index (Phi) is 9.43. The molecule has 4 rings (SSSR count). The summed E-state index contributed by atoms with van der Waals surface area (Å²) in [5, 5.41) is 0. The van der Waals surface area contributed by atoms with Crippen LogP contribution in [0.1, 0.15) is 92.9 Å². The first-order chi connectivity index (χ1) is 15.8. The van der Waals surface area contributed by atoms with Crippen molar-refractivity contribution in [1.82, 2.24) is 0 Å². The SMILES string of the molecule is C#C/C(C=NCC(C)(C)C1CCC2C3CI4CC(CCC)CCC4C3CCC21C)=C/N.CC. The van der Waals surface area contributed by atoms with Gasteiger partial charge in [0.15, 0.2) is 0 Å². The molecule has 188 valence electrons. The maximum atomic E-state index is 5.60. The predicted molar refractivity (Wildman–Crippen MR) is 155 cm³/mol. The number of hydrogen-bond donors (Lipinski definition) is 1. The van der Waals surface area contributed by atoms with Gasteiger partial charge >= 0.3 is 200 Å². The van der Waals surface area contributed by atoms with E-state index in [1.54, 1.807) is 27.9 Å². The topological polar surface area (TPSA) is 38.4 Å². The van der Waals surface area contributed by atoms with E-state index in [0.717, 1.165) is 36.1 Å². The van der Waals surface area contributed by atoms with Crippen LogP contribution in [0.3, 0.4) is 0 Å². The zero-order valence-corrected chi connectivity index (χ0v) is 24.5. The van der Waals surface area contributed by atoms with Gasteiger partial charge in [-0.05, 0) is 0 Å². The quantitative estimate of drug-likeness (QED) is 0.152. The third-order valence-electron chi connectivity index (χ3n) is 9.71. The molecule has 2 aliphatic carbocycles. The van der Waals surface area contributed by atoms with Gasteiger partial charge < -0.3 is 0 Å². The number of aliphatic imine (C=N–C) groups is 1. The summed E-state index contributed by atoms with van der Waals surface area (Å²) >= 11 is -0.733. The first-order valence-electron chi connectivity index (χ1n) is 13.8. The van der Waals surface area contributed by atoms with Gasteiger partial charge in [0, 0.05) is 0 Å². The predicted octanol–water partition coefficient (Wildman–Crippen LogP) is 7.74. The molecule has 2 N–H and O–H groups in total. The van der Waals surface area contributed by atoms with Crippen LogP contribution >= 0.6 is 19.8 Å². The van der Waals surface area contributed by atoms with Crippen LogP contribution in [0, 0.1) is 52.8 Å². The van der Waals surface area contributed by atoms with Crippen LogP contribution in [-0.2, 0) is 0 Å². The Hall–Kier alpha value is -0.500. The molecule has 0 aromatic rings. The molecular formula is C30H51IN2. The number of fused-ring (bicyclic) bond motifs is 5. The van der Waals surface area contributed by atoms with Gasteiger partial charge in [-0.25, -0.2) is 0 Å². The minimum atomic E-state index is -0.733. The van der Waals surface area contributed by atoms with Crippen molar-refractivity contribution in [2.24, 2.45) is 51.1 Å². The molecule has 2 nitrogen and oxygen atoms in total. The van der Waals surface area contributed by atoms with Gasteiger partial charge in [0.2, 0.25) is 0 Å². The van der Waals surface area contributed by atoms with Gasteiger partial charge in [-0.3, -0.25) is 0 Å². The van der Waals surface area contributed by atoms with Crippen LogP contribution < -0.4 is 5.73 Å². The van der Waals surface area contributed by atoms with E-state index in [1.807, 2.05) is 13.8 Å². The van der Waals surface area contributed by atoms with Crippen LogP contribution in [0.15, 0.2) is 16.8 Å². The van der Waals surface area contributed by atoms with Crippen LogP contribution in [0.5, 0.6) is 0 Å². The average molecular weight is 567 g/mol. The Bertz CT molecular complexity index is 747. The number of alkyl halides is 3. The second kappa shape index (κ2) is 11.5.